The van der Waals surface area contributed by atoms with Crippen molar-refractivity contribution in [2.24, 2.45) is 5.16 Å². The third-order valence-corrected chi connectivity index (χ3v) is 5.54. The Labute approximate surface area is 164 Å². The highest BCUT2D eigenvalue weighted by Gasteiger charge is 2.54. The normalized spacial score (nSPS) is 21.9. The number of rotatable bonds is 7. The molecule has 0 bridgehead atoms. The summed E-state index contributed by atoms with van der Waals surface area (Å²) >= 11 is 4.00. The van der Waals surface area contributed by atoms with Gasteiger partial charge in [-0.1, -0.05) is 21.1 Å². The lowest BCUT2D eigenvalue weighted by Gasteiger charge is -2.49. The molecule has 2 amide bonds. The Morgan fingerprint density at radius 3 is 2.59 bits per heavy atom. The van der Waals surface area contributed by atoms with Gasteiger partial charge in [-0.2, -0.15) is 0 Å². The molecule has 1 fully saturated rings. The highest BCUT2D eigenvalue weighted by atomic mass is 79.9. The molecule has 0 aromatic carbocycles. The van der Waals surface area contributed by atoms with Crippen LogP contribution in [0, 0.1) is 0 Å². The number of Topliss-reactive ketones (excluding diaryl/α,β-unsaturated/α-hetero) is 1. The van der Waals surface area contributed by atoms with Crippen LogP contribution in [0.4, 0.5) is 0 Å². The minimum Gasteiger partial charge on any atom is -0.477 e. The number of halogens is 1. The molecule has 0 radical (unpaired) electrons. The molecule has 0 spiro atoms. The van der Waals surface area contributed by atoms with Crippen LogP contribution in [0.15, 0.2) is 16.4 Å². The van der Waals surface area contributed by atoms with Crippen LogP contribution in [-0.2, 0) is 28.7 Å². The van der Waals surface area contributed by atoms with Gasteiger partial charge in [-0.15, -0.1) is 11.8 Å². The smallest absolute Gasteiger partial charge is 0.352 e. The maximum atomic E-state index is 12.4. The van der Waals surface area contributed by atoms with Crippen molar-refractivity contribution in [3.63, 3.8) is 0 Å². The van der Waals surface area contributed by atoms with Crippen molar-refractivity contribution >= 4 is 62.9 Å². The number of nitrogens with one attached hydrogen (secondary N) is 1. The number of hydrogen-bond donors (Lipinski definition) is 3. The van der Waals surface area contributed by atoms with Gasteiger partial charge in [-0.25, -0.2) is 4.79 Å². The first-order valence-electron chi connectivity index (χ1n) is 7.38. The Bertz CT molecular complexity index is 780. The molecule has 1 saturated heterocycles. The molecule has 11 nitrogen and oxygen atoms in total. The number of ketones is 1. The maximum Gasteiger partial charge on any atom is 0.352 e. The molecular weight excluding hydrogens is 450 g/mol. The largest absolute Gasteiger partial charge is 0.477 e. The summed E-state index contributed by atoms with van der Waals surface area (Å²) in [5, 5.41) is 22.2. The molecule has 1 unspecified atom stereocenters. The van der Waals surface area contributed by atoms with Crippen LogP contribution in [0.2, 0.25) is 0 Å². The number of ether oxygens (including phenoxy) is 1. The molecule has 2 aliphatic rings. The van der Waals surface area contributed by atoms with Crippen LogP contribution in [0.1, 0.15) is 6.92 Å². The van der Waals surface area contributed by atoms with E-state index in [1.54, 1.807) is 0 Å². The fraction of sp³-hybridized carbons (Fsp3) is 0.429. The molecule has 0 aliphatic carbocycles. The summed E-state index contributed by atoms with van der Waals surface area (Å²) in [5.74, 6) is -4.34. The average Bonchev–Trinajstić information content (AvgIpc) is 2.63. The Morgan fingerprint density at radius 1 is 1.41 bits per heavy atom. The van der Waals surface area contributed by atoms with E-state index < -0.39 is 46.7 Å². The van der Waals surface area contributed by atoms with Crippen molar-refractivity contribution in [2.45, 2.75) is 18.3 Å². The van der Waals surface area contributed by atoms with E-state index >= 15 is 0 Å². The average molecular weight is 464 g/mol. The third-order valence-electron chi connectivity index (χ3n) is 3.69. The summed E-state index contributed by atoms with van der Waals surface area (Å²) in [6.07, 6.45) is 0. The number of hydrogen-bond acceptors (Lipinski definition) is 9. The number of carboxylic acid groups (broad SMARTS) is 1. The number of aliphatic carboxylic acids is 1. The van der Waals surface area contributed by atoms with Gasteiger partial charge in [0.05, 0.1) is 5.33 Å². The molecule has 146 valence electrons. The van der Waals surface area contributed by atoms with Crippen molar-refractivity contribution in [3.8, 4) is 0 Å². The van der Waals surface area contributed by atoms with Crippen LogP contribution in [-0.4, -0.2) is 79.6 Å². The first-order chi connectivity index (χ1) is 12.7. The van der Waals surface area contributed by atoms with Crippen molar-refractivity contribution < 1.29 is 39.0 Å². The summed E-state index contributed by atoms with van der Waals surface area (Å²) in [6, 6.07) is -1.09. The second-order valence-corrected chi connectivity index (χ2v) is 7.07. The van der Waals surface area contributed by atoms with E-state index in [0.29, 0.717) is 0 Å². The number of oxime groups is 1. The summed E-state index contributed by atoms with van der Waals surface area (Å²) in [7, 11) is 0. The fourth-order valence-electron chi connectivity index (χ4n) is 2.48. The van der Waals surface area contributed by atoms with Crippen LogP contribution < -0.4 is 5.32 Å². The van der Waals surface area contributed by atoms with E-state index in [4.69, 9.17) is 9.94 Å². The number of carbonyl (C=O) groups excluding carboxylic acids is 4. The summed E-state index contributed by atoms with van der Waals surface area (Å²) in [4.78, 5) is 59.4. The van der Waals surface area contributed by atoms with Crippen molar-refractivity contribution in [1.82, 2.24) is 10.2 Å². The molecule has 27 heavy (non-hydrogen) atoms. The zero-order chi connectivity index (χ0) is 20.3. The number of carboxylic acids is 1. The van der Waals surface area contributed by atoms with Gasteiger partial charge in [0.2, 0.25) is 11.5 Å². The lowest BCUT2D eigenvalue weighted by molar-refractivity contribution is -0.150. The van der Waals surface area contributed by atoms with Gasteiger partial charge in [-0.3, -0.25) is 24.1 Å². The standard InChI is InChI=1S/C14H14BrN3O8S/c1-5(19)26-3-6-4-27-13-9(12(22)18(13)10(6)14(23)24)16-11(21)8(17-25)7(20)2-15/h9,13,25H,2-4H2,1H3,(H,16,21)(H,23,24)/b17-8-/t9?,13-/m1/s1. The molecule has 2 aliphatic heterocycles. The number of amides is 2. The van der Waals surface area contributed by atoms with Gasteiger partial charge >= 0.3 is 11.9 Å². The van der Waals surface area contributed by atoms with Crippen molar-refractivity contribution in [1.29, 1.82) is 0 Å². The van der Waals surface area contributed by atoms with E-state index in [1.165, 1.54) is 6.92 Å². The van der Waals surface area contributed by atoms with E-state index in [2.05, 4.69) is 26.4 Å². The summed E-state index contributed by atoms with van der Waals surface area (Å²) < 4.78 is 4.81. The highest BCUT2D eigenvalue weighted by molar-refractivity contribution is 9.09. The number of carbonyl (C=O) groups is 5. The van der Waals surface area contributed by atoms with Gasteiger partial charge in [0.1, 0.15) is 23.7 Å². The molecule has 2 rings (SSSR count). The van der Waals surface area contributed by atoms with Crippen LogP contribution in [0.5, 0.6) is 0 Å². The number of alkyl halides is 1. The van der Waals surface area contributed by atoms with Crippen molar-refractivity contribution in [3.05, 3.63) is 11.3 Å². The number of thioether (sulfide) groups is 1. The van der Waals surface area contributed by atoms with Gasteiger partial charge < -0.3 is 20.4 Å². The minimum absolute atomic E-state index is 0.164. The number of nitrogens with zero attached hydrogens (tertiary/aromatic N) is 2. The predicted molar refractivity (Wildman–Crippen MR) is 94.3 cm³/mol. The van der Waals surface area contributed by atoms with E-state index in [0.717, 1.165) is 16.7 Å². The lowest BCUT2D eigenvalue weighted by Crippen LogP contribution is -2.71. The first-order valence-corrected chi connectivity index (χ1v) is 9.55. The third kappa shape index (κ3) is 4.13. The van der Waals surface area contributed by atoms with E-state index in [-0.39, 0.29) is 29.0 Å². The number of fused-ring (bicyclic) bond motifs is 1. The van der Waals surface area contributed by atoms with Crippen molar-refractivity contribution in [2.75, 3.05) is 17.7 Å². The molecule has 0 aromatic heterocycles. The quantitative estimate of drug-likeness (QED) is 0.0823. The molecule has 2 heterocycles. The zero-order valence-electron chi connectivity index (χ0n) is 13.8. The highest BCUT2D eigenvalue weighted by Crippen LogP contribution is 2.40. The van der Waals surface area contributed by atoms with Gasteiger partial charge in [0.25, 0.3) is 11.8 Å². The molecule has 3 N–H and O–H groups in total. The van der Waals surface area contributed by atoms with Crippen LogP contribution in [0.3, 0.4) is 0 Å². The SMILES string of the molecule is CC(=O)OCC1=C(C(=O)O)N2C(=O)C(NC(=O)/C(=N\O)C(=O)CBr)[C@H]2SC1. The number of β-lactam (4-membered cyclic amide) rings is 1. The predicted octanol–water partition coefficient (Wildman–Crippen LogP) is -0.918. The van der Waals surface area contributed by atoms with E-state index in [1.807, 2.05) is 0 Å². The minimum atomic E-state index is -1.37. The van der Waals surface area contributed by atoms with Crippen LogP contribution >= 0.6 is 27.7 Å². The second-order valence-electron chi connectivity index (χ2n) is 5.40. The monoisotopic (exact) mass is 463 g/mol. The second kappa shape index (κ2) is 8.52. The van der Waals surface area contributed by atoms with Crippen LogP contribution in [0.25, 0.3) is 0 Å². The molecule has 0 aromatic rings. The Hall–Kier alpha value is -2.41. The molecule has 2 atom stereocenters. The summed E-state index contributed by atoms with van der Waals surface area (Å²) in [6.45, 7) is 0.910. The van der Waals surface area contributed by atoms with Gasteiger partial charge in [0, 0.05) is 18.2 Å². The molecular formula is C14H14BrN3O8S. The Balaban J connectivity index is 2.17. The first kappa shape index (κ1) is 20.9. The number of esters is 1. The molecule has 0 saturated carbocycles. The fourth-order valence-corrected chi connectivity index (χ4v) is 4.08. The Morgan fingerprint density at radius 2 is 2.07 bits per heavy atom. The molecule has 13 heteroatoms. The zero-order valence-corrected chi connectivity index (χ0v) is 16.2. The summed E-state index contributed by atoms with van der Waals surface area (Å²) in [5.41, 5.74) is -0.823. The Kier molecular flexibility index (Phi) is 6.59. The van der Waals surface area contributed by atoms with Gasteiger partial charge in [0.15, 0.2) is 0 Å². The topological polar surface area (TPSA) is 163 Å². The lowest BCUT2D eigenvalue weighted by atomic mass is 10.0. The van der Waals surface area contributed by atoms with Gasteiger partial charge in [-0.05, 0) is 0 Å². The van der Waals surface area contributed by atoms with E-state index in [9.17, 15) is 29.1 Å². The maximum absolute atomic E-state index is 12.4.